The molecule has 2 saturated heterocycles. The molecule has 0 atom stereocenters. The number of fused-ring (bicyclic) bond motifs is 1. The van der Waals surface area contributed by atoms with E-state index in [9.17, 15) is 0 Å². The molecule has 2 fully saturated rings. The van der Waals surface area contributed by atoms with Crippen molar-refractivity contribution < 1.29 is 0 Å². The fraction of sp³-hybridized carbons (Fsp3) is 1.00. The van der Waals surface area contributed by atoms with Gasteiger partial charge in [0.05, 0.1) is 16.1 Å². The Hall–Kier alpha value is 0.434. The first-order valence-electron chi connectivity index (χ1n) is 5.28. The smallest absolute Gasteiger partial charge is 0.0508 e. The van der Waals surface area contributed by atoms with Crippen LogP contribution in [0.25, 0.3) is 0 Å². The standard InChI is InChI=1S/C7H16Si2.C3H8/c1-7-6(8(7,2)3)9(7,4)5;1-3-2/h6H,1-5H3;3H2,1-2H3. The average Bonchev–Trinajstić information content (AvgIpc) is 2.50. The predicted molar refractivity (Wildman–Crippen MR) is 63.0 cm³/mol. The van der Waals surface area contributed by atoms with Gasteiger partial charge in [0.1, 0.15) is 0 Å². The van der Waals surface area contributed by atoms with E-state index in [0.717, 1.165) is 4.66 Å². The van der Waals surface area contributed by atoms with Crippen molar-refractivity contribution in [3.63, 3.8) is 0 Å². The topological polar surface area (TPSA) is 0 Å². The second kappa shape index (κ2) is 2.47. The SMILES string of the molecule is CC12C([Si]1(C)C)[Si]2(C)C.CCC. The van der Waals surface area contributed by atoms with Crippen molar-refractivity contribution in [2.24, 2.45) is 0 Å². The molecule has 0 radical (unpaired) electrons. The lowest BCUT2D eigenvalue weighted by Crippen LogP contribution is -2.35. The molecule has 0 aromatic heterocycles. The Morgan fingerprint density at radius 3 is 1.17 bits per heavy atom. The molecule has 0 N–H and O–H groups in total. The van der Waals surface area contributed by atoms with E-state index in [0.29, 0.717) is 0 Å². The quantitative estimate of drug-likeness (QED) is 0.517. The van der Waals surface area contributed by atoms with Crippen molar-refractivity contribution >= 4 is 16.1 Å². The maximum Gasteiger partial charge on any atom is 0.0508 e. The Kier molecular flexibility index (Phi) is 2.17. The predicted octanol–water partition coefficient (Wildman–Crippen LogP) is 4.06. The summed E-state index contributed by atoms with van der Waals surface area (Å²) in [6.45, 7) is 17.1. The molecule has 0 saturated carbocycles. The van der Waals surface area contributed by atoms with Gasteiger partial charge in [-0.25, -0.2) is 0 Å². The van der Waals surface area contributed by atoms with Gasteiger partial charge >= 0.3 is 0 Å². The summed E-state index contributed by atoms with van der Waals surface area (Å²) in [5.74, 6) is 0. The summed E-state index contributed by atoms with van der Waals surface area (Å²) in [7, 11) is -1.13. The lowest BCUT2D eigenvalue weighted by Gasteiger charge is -2.24. The molecule has 2 heteroatoms. The van der Waals surface area contributed by atoms with Gasteiger partial charge in [0.25, 0.3) is 0 Å². The molecule has 0 nitrogen and oxygen atoms in total. The normalized spacial score (nSPS) is 43.8. The Balaban J connectivity index is 0.000000213. The average molecular weight is 200 g/mol. The van der Waals surface area contributed by atoms with Crippen LogP contribution in [0.4, 0.5) is 0 Å². The summed E-state index contributed by atoms with van der Waals surface area (Å²) in [6.07, 6.45) is 1.25. The van der Waals surface area contributed by atoms with Gasteiger partial charge in [0, 0.05) is 0 Å². The summed E-state index contributed by atoms with van der Waals surface area (Å²) in [5, 5.41) is 1.30. The molecule has 0 bridgehead atoms. The Morgan fingerprint density at radius 1 is 1.00 bits per heavy atom. The minimum Gasteiger partial charge on any atom is -0.0692 e. The molecular weight excluding hydrogens is 176 g/mol. The molecule has 2 heterocycles. The molecule has 0 aromatic carbocycles. The third-order valence-corrected chi connectivity index (χ3v) is 22.7. The molecule has 2 aliphatic heterocycles. The summed E-state index contributed by atoms with van der Waals surface area (Å²) < 4.78 is 0.986. The van der Waals surface area contributed by atoms with E-state index >= 15 is 0 Å². The van der Waals surface area contributed by atoms with Crippen LogP contribution in [-0.2, 0) is 0 Å². The second-order valence-corrected chi connectivity index (χ2v) is 17.0. The van der Waals surface area contributed by atoms with E-state index in [2.05, 4.69) is 47.0 Å². The van der Waals surface area contributed by atoms with Gasteiger partial charge < -0.3 is 0 Å². The van der Waals surface area contributed by atoms with Crippen LogP contribution in [0.2, 0.25) is 36.0 Å². The molecule has 2 rings (SSSR count). The third-order valence-electron chi connectivity index (χ3n) is 4.53. The van der Waals surface area contributed by atoms with Crippen LogP contribution >= 0.6 is 0 Å². The fourth-order valence-electron chi connectivity index (χ4n) is 3.61. The molecule has 72 valence electrons. The molecule has 0 aliphatic carbocycles. The molecule has 0 unspecified atom stereocenters. The maximum absolute atomic E-state index is 2.57. The molecule has 0 amide bonds. The fourth-order valence-corrected chi connectivity index (χ4v) is 28.2. The maximum atomic E-state index is 2.57. The van der Waals surface area contributed by atoms with Crippen LogP contribution in [0.1, 0.15) is 27.2 Å². The van der Waals surface area contributed by atoms with E-state index in [-0.39, 0.29) is 0 Å². The minimum absolute atomic E-state index is 0.565. The van der Waals surface area contributed by atoms with Crippen LogP contribution in [-0.4, -0.2) is 16.1 Å². The summed E-state index contributed by atoms with van der Waals surface area (Å²) in [4.78, 5) is 0. The minimum atomic E-state index is -0.565. The van der Waals surface area contributed by atoms with Crippen LogP contribution in [0.5, 0.6) is 0 Å². The molecule has 0 spiro atoms. The highest BCUT2D eigenvalue weighted by Crippen LogP contribution is 2.95. The van der Waals surface area contributed by atoms with Gasteiger partial charge in [-0.2, -0.15) is 0 Å². The van der Waals surface area contributed by atoms with Gasteiger partial charge in [-0.3, -0.25) is 0 Å². The molecule has 12 heavy (non-hydrogen) atoms. The van der Waals surface area contributed by atoms with Crippen molar-refractivity contribution in [1.82, 2.24) is 0 Å². The highest BCUT2D eigenvalue weighted by molar-refractivity contribution is 7.32. The monoisotopic (exact) mass is 200 g/mol. The van der Waals surface area contributed by atoms with Crippen molar-refractivity contribution in [2.45, 2.75) is 63.2 Å². The van der Waals surface area contributed by atoms with Crippen molar-refractivity contribution in [3.8, 4) is 0 Å². The lowest BCUT2D eigenvalue weighted by molar-refractivity contribution is 1.09. The van der Waals surface area contributed by atoms with Crippen LogP contribution in [0, 0.1) is 0 Å². The first-order chi connectivity index (χ1) is 5.28. The lowest BCUT2D eigenvalue weighted by atomic mass is 10.6. The van der Waals surface area contributed by atoms with Crippen LogP contribution in [0.15, 0.2) is 0 Å². The first kappa shape index (κ1) is 10.5. The van der Waals surface area contributed by atoms with E-state index in [1.165, 1.54) is 11.6 Å². The number of hydrogen-bond donors (Lipinski definition) is 0. The van der Waals surface area contributed by atoms with Crippen molar-refractivity contribution in [1.29, 1.82) is 0 Å². The van der Waals surface area contributed by atoms with E-state index < -0.39 is 16.1 Å². The van der Waals surface area contributed by atoms with Crippen LogP contribution < -0.4 is 0 Å². The highest BCUT2D eigenvalue weighted by Gasteiger charge is 2.94. The highest BCUT2D eigenvalue weighted by atomic mass is 28.5. The zero-order valence-corrected chi connectivity index (χ0v) is 11.8. The number of hydrogen-bond acceptors (Lipinski definition) is 0. The van der Waals surface area contributed by atoms with Gasteiger partial charge in [-0.1, -0.05) is 53.4 Å². The van der Waals surface area contributed by atoms with Gasteiger partial charge in [-0.05, 0) is 9.83 Å². The molecular formula is C10H24Si2. The number of rotatable bonds is 0. The summed E-state index contributed by atoms with van der Waals surface area (Å²) in [6, 6.07) is 0. The third kappa shape index (κ3) is 0.883. The zero-order chi connectivity index (χ0) is 9.78. The van der Waals surface area contributed by atoms with Gasteiger partial charge in [0.2, 0.25) is 0 Å². The van der Waals surface area contributed by atoms with Crippen molar-refractivity contribution in [2.75, 3.05) is 0 Å². The Labute approximate surface area is 79.8 Å². The summed E-state index contributed by atoms with van der Waals surface area (Å²) >= 11 is 0. The molecule has 2 aliphatic rings. The Morgan fingerprint density at radius 2 is 1.17 bits per heavy atom. The largest absolute Gasteiger partial charge is 0.0692 e. The van der Waals surface area contributed by atoms with E-state index in [4.69, 9.17) is 0 Å². The van der Waals surface area contributed by atoms with Gasteiger partial charge in [0.15, 0.2) is 0 Å². The summed E-state index contributed by atoms with van der Waals surface area (Å²) in [5.41, 5.74) is 0. The van der Waals surface area contributed by atoms with E-state index in [1.54, 1.807) is 0 Å². The first-order valence-corrected chi connectivity index (χ1v) is 11.4. The Bertz CT molecular complexity index is 178. The van der Waals surface area contributed by atoms with Gasteiger partial charge in [-0.15, -0.1) is 0 Å². The zero-order valence-electron chi connectivity index (χ0n) is 9.78. The van der Waals surface area contributed by atoms with Crippen molar-refractivity contribution in [3.05, 3.63) is 0 Å². The second-order valence-electron chi connectivity index (χ2n) is 5.79. The molecule has 0 aromatic rings. The van der Waals surface area contributed by atoms with Crippen LogP contribution in [0.3, 0.4) is 0 Å². The van der Waals surface area contributed by atoms with E-state index in [1.807, 2.05) is 0 Å².